The van der Waals surface area contributed by atoms with Crippen molar-refractivity contribution in [2.24, 2.45) is 13.0 Å². The first kappa shape index (κ1) is 12.5. The number of fused-ring (bicyclic) bond motifs is 1. The minimum absolute atomic E-state index is 0.320. The molecule has 4 heteroatoms. The van der Waals surface area contributed by atoms with Gasteiger partial charge in [0.2, 0.25) is 0 Å². The highest BCUT2D eigenvalue weighted by Gasteiger charge is 2.20. The van der Waals surface area contributed by atoms with Crippen molar-refractivity contribution >= 4 is 16.7 Å². The predicted molar refractivity (Wildman–Crippen MR) is 77.4 cm³/mol. The number of aromatic nitrogens is 2. The lowest BCUT2D eigenvalue weighted by Gasteiger charge is -2.33. The van der Waals surface area contributed by atoms with Crippen molar-refractivity contribution in [2.75, 3.05) is 24.6 Å². The Morgan fingerprint density at radius 3 is 2.84 bits per heavy atom. The summed E-state index contributed by atoms with van der Waals surface area (Å²) in [7, 11) is 2.03. The Hall–Kier alpha value is -1.55. The summed E-state index contributed by atoms with van der Waals surface area (Å²) >= 11 is 0. The molecular formula is C15H21N3O. The zero-order chi connectivity index (χ0) is 13.2. The number of imidazole rings is 1. The van der Waals surface area contributed by atoms with E-state index in [0.29, 0.717) is 12.5 Å². The van der Waals surface area contributed by atoms with Gasteiger partial charge in [0, 0.05) is 26.7 Å². The monoisotopic (exact) mass is 259 g/mol. The van der Waals surface area contributed by atoms with E-state index < -0.39 is 0 Å². The van der Waals surface area contributed by atoms with E-state index in [-0.39, 0.29) is 0 Å². The molecule has 1 aromatic heterocycles. The number of benzene rings is 1. The highest BCUT2D eigenvalue weighted by atomic mass is 16.3. The van der Waals surface area contributed by atoms with Crippen LogP contribution in [0.2, 0.25) is 0 Å². The molecule has 2 heterocycles. The number of hydrogen-bond acceptors (Lipinski definition) is 3. The predicted octanol–water partition coefficient (Wildman–Crippen LogP) is 2.17. The number of aliphatic hydroxyl groups is 1. The molecule has 0 radical (unpaired) electrons. The highest BCUT2D eigenvalue weighted by Crippen LogP contribution is 2.29. The van der Waals surface area contributed by atoms with Crippen LogP contribution in [-0.4, -0.2) is 34.4 Å². The van der Waals surface area contributed by atoms with Crippen molar-refractivity contribution in [1.82, 2.24) is 9.55 Å². The fourth-order valence-corrected chi connectivity index (χ4v) is 3.04. The van der Waals surface area contributed by atoms with Gasteiger partial charge in [-0.15, -0.1) is 0 Å². The molecule has 0 aliphatic carbocycles. The number of aryl methyl sites for hydroxylation is 1. The molecule has 0 bridgehead atoms. The Morgan fingerprint density at radius 2 is 2.11 bits per heavy atom. The van der Waals surface area contributed by atoms with Gasteiger partial charge in [-0.1, -0.05) is 6.07 Å². The molecule has 1 N–H and O–H groups in total. The second-order valence-corrected chi connectivity index (χ2v) is 5.44. The van der Waals surface area contributed by atoms with E-state index >= 15 is 0 Å². The molecule has 19 heavy (non-hydrogen) atoms. The van der Waals surface area contributed by atoms with Crippen molar-refractivity contribution in [1.29, 1.82) is 0 Å². The van der Waals surface area contributed by atoms with E-state index in [9.17, 15) is 0 Å². The molecule has 1 aromatic carbocycles. The summed E-state index contributed by atoms with van der Waals surface area (Å²) in [5.41, 5.74) is 3.54. The van der Waals surface area contributed by atoms with Gasteiger partial charge in [-0.3, -0.25) is 0 Å². The Labute approximate surface area is 113 Å². The second kappa shape index (κ2) is 5.21. The summed E-state index contributed by atoms with van der Waals surface area (Å²) in [5, 5.41) is 9.02. The summed E-state index contributed by atoms with van der Waals surface area (Å²) in [4.78, 5) is 6.96. The fourth-order valence-electron chi connectivity index (χ4n) is 3.04. The first-order chi connectivity index (χ1) is 9.29. The molecule has 0 saturated carbocycles. The molecule has 1 saturated heterocycles. The van der Waals surface area contributed by atoms with Crippen LogP contribution < -0.4 is 4.90 Å². The van der Waals surface area contributed by atoms with Gasteiger partial charge in [-0.05, 0) is 37.3 Å². The van der Waals surface area contributed by atoms with Crippen LogP contribution >= 0.6 is 0 Å². The molecule has 3 rings (SSSR count). The lowest BCUT2D eigenvalue weighted by Crippen LogP contribution is -2.34. The van der Waals surface area contributed by atoms with Gasteiger partial charge < -0.3 is 14.6 Å². The molecule has 1 fully saturated rings. The summed E-state index contributed by atoms with van der Waals surface area (Å²) in [6, 6.07) is 6.39. The summed E-state index contributed by atoms with van der Waals surface area (Å²) < 4.78 is 2.07. The van der Waals surface area contributed by atoms with Crippen LogP contribution in [0, 0.1) is 5.92 Å². The van der Waals surface area contributed by atoms with Gasteiger partial charge in [0.15, 0.2) is 0 Å². The van der Waals surface area contributed by atoms with Crippen molar-refractivity contribution in [3.05, 3.63) is 24.5 Å². The molecule has 0 unspecified atom stereocenters. The topological polar surface area (TPSA) is 41.3 Å². The van der Waals surface area contributed by atoms with E-state index in [1.807, 2.05) is 13.4 Å². The van der Waals surface area contributed by atoms with Crippen LogP contribution in [0.1, 0.15) is 19.3 Å². The van der Waals surface area contributed by atoms with Crippen molar-refractivity contribution in [3.8, 4) is 0 Å². The van der Waals surface area contributed by atoms with Gasteiger partial charge >= 0.3 is 0 Å². The van der Waals surface area contributed by atoms with Gasteiger partial charge in [0.05, 0.1) is 17.5 Å². The van der Waals surface area contributed by atoms with Crippen LogP contribution in [0.4, 0.5) is 5.69 Å². The Morgan fingerprint density at radius 1 is 1.32 bits per heavy atom. The average Bonchev–Trinajstić information content (AvgIpc) is 2.82. The number of rotatable bonds is 3. The number of aliphatic hydroxyl groups excluding tert-OH is 1. The average molecular weight is 259 g/mol. The maximum atomic E-state index is 9.02. The summed E-state index contributed by atoms with van der Waals surface area (Å²) in [6.45, 7) is 2.46. The van der Waals surface area contributed by atoms with Crippen LogP contribution in [0.25, 0.3) is 11.0 Å². The van der Waals surface area contributed by atoms with Crippen molar-refractivity contribution in [2.45, 2.75) is 19.3 Å². The molecule has 0 spiro atoms. The number of nitrogens with zero attached hydrogens (tertiary/aromatic N) is 3. The quantitative estimate of drug-likeness (QED) is 0.918. The Bertz CT molecular complexity index is 556. The molecule has 2 aromatic rings. The molecule has 0 amide bonds. The highest BCUT2D eigenvalue weighted by molar-refractivity contribution is 5.89. The maximum Gasteiger partial charge on any atom is 0.112 e. The van der Waals surface area contributed by atoms with Crippen LogP contribution in [0.15, 0.2) is 24.5 Å². The number of anilines is 1. The molecule has 1 aliphatic heterocycles. The second-order valence-electron chi connectivity index (χ2n) is 5.44. The molecule has 1 aliphatic rings. The van der Waals surface area contributed by atoms with E-state index in [1.165, 1.54) is 24.0 Å². The van der Waals surface area contributed by atoms with Gasteiger partial charge in [-0.25, -0.2) is 4.98 Å². The lowest BCUT2D eigenvalue weighted by molar-refractivity contribution is 0.240. The van der Waals surface area contributed by atoms with Gasteiger partial charge in [0.25, 0.3) is 0 Å². The van der Waals surface area contributed by atoms with Crippen LogP contribution in [-0.2, 0) is 7.05 Å². The van der Waals surface area contributed by atoms with Gasteiger partial charge in [0.1, 0.15) is 5.52 Å². The molecule has 0 atom stereocenters. The van der Waals surface area contributed by atoms with E-state index in [2.05, 4.69) is 32.7 Å². The number of piperidine rings is 1. The summed E-state index contributed by atoms with van der Waals surface area (Å²) in [6.07, 6.45) is 5.17. The zero-order valence-electron chi connectivity index (χ0n) is 11.4. The van der Waals surface area contributed by atoms with Crippen LogP contribution in [0.5, 0.6) is 0 Å². The van der Waals surface area contributed by atoms with Crippen molar-refractivity contribution < 1.29 is 5.11 Å². The third-order valence-electron chi connectivity index (χ3n) is 4.23. The largest absolute Gasteiger partial charge is 0.396 e. The molecule has 4 nitrogen and oxygen atoms in total. The standard InChI is InChI=1S/C15H21N3O/c1-17-11-16-15-13(17)3-2-4-14(15)18-8-5-12(6-9-18)7-10-19/h2-4,11-12,19H,5-10H2,1H3. The normalized spacial score (nSPS) is 17.3. The van der Waals surface area contributed by atoms with E-state index in [4.69, 9.17) is 5.11 Å². The first-order valence-corrected chi connectivity index (χ1v) is 7.05. The minimum atomic E-state index is 0.320. The number of para-hydroxylation sites is 1. The Kier molecular flexibility index (Phi) is 3.42. The van der Waals surface area contributed by atoms with Crippen molar-refractivity contribution in [3.63, 3.8) is 0 Å². The zero-order valence-corrected chi connectivity index (χ0v) is 11.4. The maximum absolute atomic E-state index is 9.02. The van der Waals surface area contributed by atoms with Crippen LogP contribution in [0.3, 0.4) is 0 Å². The SMILES string of the molecule is Cn1cnc2c(N3CCC(CCO)CC3)cccc21. The summed E-state index contributed by atoms with van der Waals surface area (Å²) in [5.74, 6) is 0.684. The van der Waals surface area contributed by atoms with E-state index in [0.717, 1.165) is 25.0 Å². The Balaban J connectivity index is 1.82. The third kappa shape index (κ3) is 2.32. The fraction of sp³-hybridized carbons (Fsp3) is 0.533. The third-order valence-corrected chi connectivity index (χ3v) is 4.23. The van der Waals surface area contributed by atoms with Gasteiger partial charge in [-0.2, -0.15) is 0 Å². The number of hydrogen-bond donors (Lipinski definition) is 1. The van der Waals surface area contributed by atoms with E-state index in [1.54, 1.807) is 0 Å². The molecule has 102 valence electrons. The lowest BCUT2D eigenvalue weighted by atomic mass is 9.93. The molecular weight excluding hydrogens is 238 g/mol. The first-order valence-electron chi connectivity index (χ1n) is 7.05. The smallest absolute Gasteiger partial charge is 0.112 e. The minimum Gasteiger partial charge on any atom is -0.396 e.